The van der Waals surface area contributed by atoms with Crippen LogP contribution in [0.5, 0.6) is 5.75 Å². The molecule has 1 fully saturated rings. The van der Waals surface area contributed by atoms with Crippen molar-refractivity contribution in [3.8, 4) is 5.75 Å². The summed E-state index contributed by atoms with van der Waals surface area (Å²) >= 11 is 0. The van der Waals surface area contributed by atoms with E-state index in [4.69, 9.17) is 15.6 Å². The summed E-state index contributed by atoms with van der Waals surface area (Å²) in [6, 6.07) is 5.33. The van der Waals surface area contributed by atoms with Crippen LogP contribution < -0.4 is 21.7 Å². The van der Waals surface area contributed by atoms with Crippen molar-refractivity contribution in [3.05, 3.63) is 29.8 Å². The summed E-state index contributed by atoms with van der Waals surface area (Å²) in [5.74, 6) is -2.19. The normalized spacial score (nSPS) is 19.1. The fourth-order valence-corrected chi connectivity index (χ4v) is 2.45. The Balaban J connectivity index is 1.94. The number of aromatic hydroxyl groups is 1. The van der Waals surface area contributed by atoms with Gasteiger partial charge >= 0.3 is 5.97 Å². The van der Waals surface area contributed by atoms with Crippen molar-refractivity contribution in [1.29, 1.82) is 0 Å². The maximum atomic E-state index is 12.5. The summed E-state index contributed by atoms with van der Waals surface area (Å²) in [5, 5.41) is 26.5. The summed E-state index contributed by atoms with van der Waals surface area (Å²) in [4.78, 5) is 35.4. The number of aliphatic carboxylic acids is 1. The average Bonchev–Trinajstić information content (AvgIpc) is 3.44. The molecule has 3 atom stereocenters. The third kappa shape index (κ3) is 6.51. The van der Waals surface area contributed by atoms with Gasteiger partial charge in [-0.2, -0.15) is 0 Å². The molecule has 27 heavy (non-hydrogen) atoms. The highest BCUT2D eigenvalue weighted by Gasteiger charge is 2.51. The van der Waals surface area contributed by atoms with Crippen LogP contribution in [0.3, 0.4) is 0 Å². The summed E-state index contributed by atoms with van der Waals surface area (Å²) in [6.07, 6.45) is -2.09. The van der Waals surface area contributed by atoms with Crippen molar-refractivity contribution >= 4 is 17.8 Å². The van der Waals surface area contributed by atoms with Crippen LogP contribution in [0.1, 0.15) is 5.56 Å². The number of amides is 2. The second kappa shape index (κ2) is 9.86. The molecule has 10 nitrogen and oxygen atoms in total. The molecule has 0 bridgehead atoms. The van der Waals surface area contributed by atoms with Gasteiger partial charge in [-0.05, 0) is 17.7 Å². The van der Waals surface area contributed by atoms with Crippen molar-refractivity contribution in [2.75, 3.05) is 26.2 Å². The minimum Gasteiger partial charge on any atom is -0.508 e. The van der Waals surface area contributed by atoms with Gasteiger partial charge in [0.2, 0.25) is 5.91 Å². The Bertz CT molecular complexity index is 666. The molecular formula is C17H24N4O6. The number of phenolic OH excluding ortho intramolecular Hbond substituents is 1. The van der Waals surface area contributed by atoms with Gasteiger partial charge in [0.05, 0.1) is 0 Å². The molecule has 1 heterocycles. The minimum absolute atomic E-state index is 0.0884. The van der Waals surface area contributed by atoms with Crippen molar-refractivity contribution in [2.45, 2.75) is 24.7 Å². The third-order valence-electron chi connectivity index (χ3n) is 3.92. The Morgan fingerprint density at radius 1 is 1.11 bits per heavy atom. The molecule has 1 aromatic carbocycles. The highest BCUT2D eigenvalue weighted by molar-refractivity contribution is 5.95. The smallest absolute Gasteiger partial charge is 0.336 e. The predicted octanol–water partition coefficient (Wildman–Crippen LogP) is -2.06. The first-order chi connectivity index (χ1) is 12.9. The number of epoxide rings is 1. The molecule has 2 rings (SSSR count). The minimum atomic E-state index is -1.22. The first kappa shape index (κ1) is 20.6. The molecule has 0 aliphatic carbocycles. The number of carbonyl (C=O) groups is 3. The zero-order chi connectivity index (χ0) is 19.8. The molecular weight excluding hydrogens is 356 g/mol. The Hall–Kier alpha value is -2.69. The lowest BCUT2D eigenvalue weighted by Crippen LogP contribution is -2.50. The fourth-order valence-electron chi connectivity index (χ4n) is 2.45. The van der Waals surface area contributed by atoms with Gasteiger partial charge in [-0.25, -0.2) is 4.79 Å². The van der Waals surface area contributed by atoms with E-state index < -0.39 is 36.0 Å². The Morgan fingerprint density at radius 2 is 1.81 bits per heavy atom. The van der Waals surface area contributed by atoms with Gasteiger partial charge in [0.15, 0.2) is 12.2 Å². The maximum Gasteiger partial charge on any atom is 0.336 e. The number of nitrogens with two attached hydrogens (primary N) is 1. The molecule has 0 aromatic heterocycles. The van der Waals surface area contributed by atoms with E-state index in [1.54, 1.807) is 12.1 Å². The first-order valence-electron chi connectivity index (χ1n) is 8.57. The number of nitrogens with one attached hydrogen (secondary N) is 3. The van der Waals surface area contributed by atoms with Gasteiger partial charge in [-0.3, -0.25) is 9.59 Å². The van der Waals surface area contributed by atoms with Crippen LogP contribution in [0.2, 0.25) is 0 Å². The SMILES string of the molecule is NCCNCCNC(=O)C(Cc1ccc(O)cc1)NC(=O)C1OC1C(=O)O. The van der Waals surface area contributed by atoms with E-state index in [1.165, 1.54) is 12.1 Å². The topological polar surface area (TPSA) is 166 Å². The molecule has 0 radical (unpaired) electrons. The number of rotatable bonds is 11. The second-order valence-electron chi connectivity index (χ2n) is 6.08. The number of hydrogen-bond donors (Lipinski definition) is 6. The Labute approximate surface area is 156 Å². The van der Waals surface area contributed by atoms with E-state index in [9.17, 15) is 19.5 Å². The molecule has 7 N–H and O–H groups in total. The van der Waals surface area contributed by atoms with E-state index in [1.807, 2.05) is 0 Å². The lowest BCUT2D eigenvalue weighted by molar-refractivity contribution is -0.138. The number of phenols is 1. The molecule has 3 unspecified atom stereocenters. The van der Waals surface area contributed by atoms with Gasteiger partial charge in [-0.15, -0.1) is 0 Å². The van der Waals surface area contributed by atoms with E-state index in [0.717, 1.165) is 5.56 Å². The van der Waals surface area contributed by atoms with Gasteiger partial charge in [0.25, 0.3) is 5.91 Å². The van der Waals surface area contributed by atoms with E-state index in [2.05, 4.69) is 16.0 Å². The van der Waals surface area contributed by atoms with Crippen LogP contribution in [-0.4, -0.2) is 72.4 Å². The van der Waals surface area contributed by atoms with Gasteiger partial charge in [-0.1, -0.05) is 12.1 Å². The van der Waals surface area contributed by atoms with Crippen LogP contribution in [0.15, 0.2) is 24.3 Å². The quantitative estimate of drug-likeness (QED) is 0.188. The molecule has 2 amide bonds. The van der Waals surface area contributed by atoms with Gasteiger partial charge < -0.3 is 36.6 Å². The zero-order valence-corrected chi connectivity index (χ0v) is 14.7. The number of hydrogen-bond acceptors (Lipinski definition) is 7. The molecule has 0 spiro atoms. The number of carbonyl (C=O) groups excluding carboxylic acids is 2. The standard InChI is InChI=1S/C17H24N4O6/c18-5-6-19-7-8-20-15(23)12(9-10-1-3-11(22)4-2-10)21-16(24)13-14(27-13)17(25)26/h1-4,12-14,19,22H,5-9,18H2,(H,20,23)(H,21,24)(H,25,26). The van der Waals surface area contributed by atoms with Crippen LogP contribution >= 0.6 is 0 Å². The number of benzene rings is 1. The molecule has 1 aromatic rings. The van der Waals surface area contributed by atoms with Crippen LogP contribution in [0.4, 0.5) is 0 Å². The summed E-state index contributed by atoms with van der Waals surface area (Å²) in [6.45, 7) is 1.98. The lowest BCUT2D eigenvalue weighted by Gasteiger charge is -2.18. The van der Waals surface area contributed by atoms with E-state index in [-0.39, 0.29) is 12.2 Å². The van der Waals surface area contributed by atoms with Crippen molar-refractivity contribution in [2.24, 2.45) is 5.73 Å². The fraction of sp³-hybridized carbons (Fsp3) is 0.471. The summed E-state index contributed by atoms with van der Waals surface area (Å²) in [5.41, 5.74) is 6.09. The van der Waals surface area contributed by atoms with E-state index >= 15 is 0 Å². The molecule has 0 saturated carbocycles. The Kier molecular flexibility index (Phi) is 7.53. The Morgan fingerprint density at radius 3 is 2.41 bits per heavy atom. The monoisotopic (exact) mass is 380 g/mol. The van der Waals surface area contributed by atoms with Gasteiger partial charge in [0.1, 0.15) is 11.8 Å². The molecule has 148 valence electrons. The molecule has 10 heteroatoms. The lowest BCUT2D eigenvalue weighted by atomic mass is 10.0. The van der Waals surface area contributed by atoms with Crippen LogP contribution in [-0.2, 0) is 25.5 Å². The van der Waals surface area contributed by atoms with Crippen molar-refractivity contribution < 1.29 is 29.3 Å². The van der Waals surface area contributed by atoms with E-state index in [0.29, 0.717) is 26.2 Å². The average molecular weight is 380 g/mol. The number of carboxylic acid groups (broad SMARTS) is 1. The summed E-state index contributed by atoms with van der Waals surface area (Å²) in [7, 11) is 0. The molecule has 1 aliphatic rings. The largest absolute Gasteiger partial charge is 0.508 e. The molecule has 1 aliphatic heterocycles. The predicted molar refractivity (Wildman–Crippen MR) is 95.0 cm³/mol. The highest BCUT2D eigenvalue weighted by atomic mass is 16.6. The second-order valence-corrected chi connectivity index (χ2v) is 6.08. The van der Waals surface area contributed by atoms with Crippen molar-refractivity contribution in [3.63, 3.8) is 0 Å². The zero-order valence-electron chi connectivity index (χ0n) is 14.7. The highest BCUT2D eigenvalue weighted by Crippen LogP contribution is 2.22. The number of ether oxygens (including phenoxy) is 1. The number of carboxylic acids is 1. The van der Waals surface area contributed by atoms with Gasteiger partial charge in [0, 0.05) is 32.6 Å². The van der Waals surface area contributed by atoms with Crippen molar-refractivity contribution in [1.82, 2.24) is 16.0 Å². The molecule has 1 saturated heterocycles. The summed E-state index contributed by atoms with van der Waals surface area (Å²) < 4.78 is 4.81. The van der Waals surface area contributed by atoms with Crippen LogP contribution in [0.25, 0.3) is 0 Å². The third-order valence-corrected chi connectivity index (χ3v) is 3.92. The first-order valence-corrected chi connectivity index (χ1v) is 8.57. The van der Waals surface area contributed by atoms with Crippen LogP contribution in [0, 0.1) is 0 Å². The maximum absolute atomic E-state index is 12.5.